The van der Waals surface area contributed by atoms with Crippen molar-refractivity contribution in [1.29, 1.82) is 0 Å². The van der Waals surface area contributed by atoms with Gasteiger partial charge in [-0.2, -0.15) is 8.42 Å². The van der Waals surface area contributed by atoms with E-state index in [1.807, 2.05) is 50.5 Å². The molecule has 0 saturated carbocycles. The molecule has 170 valence electrons. The maximum absolute atomic E-state index is 13.2. The highest BCUT2D eigenvalue weighted by atomic mass is 32.2. The summed E-state index contributed by atoms with van der Waals surface area (Å²) in [6, 6.07) is 16.1. The average Bonchev–Trinajstić information content (AvgIpc) is 3.08. The second kappa shape index (κ2) is 8.37. The van der Waals surface area contributed by atoms with Crippen LogP contribution in [0.15, 0.2) is 59.6 Å². The molecule has 3 N–H and O–H groups in total. The zero-order valence-electron chi connectivity index (χ0n) is 19.0. The number of sulfonamides is 1. The Morgan fingerprint density at radius 3 is 2.33 bits per heavy atom. The van der Waals surface area contributed by atoms with Gasteiger partial charge in [-0.3, -0.25) is 4.79 Å². The molecule has 0 aliphatic heterocycles. The van der Waals surface area contributed by atoms with Gasteiger partial charge in [-0.1, -0.05) is 35.4 Å². The topological polar surface area (TPSA) is 107 Å². The molecule has 4 rings (SSSR count). The third kappa shape index (κ3) is 4.47. The van der Waals surface area contributed by atoms with Crippen LogP contribution in [-0.4, -0.2) is 23.9 Å². The van der Waals surface area contributed by atoms with Gasteiger partial charge in [0, 0.05) is 17.4 Å². The van der Waals surface area contributed by atoms with E-state index in [1.54, 1.807) is 6.07 Å². The fourth-order valence-corrected chi connectivity index (χ4v) is 5.11. The summed E-state index contributed by atoms with van der Waals surface area (Å²) in [5, 5.41) is 0.557. The average molecular weight is 463 g/mol. The van der Waals surface area contributed by atoms with E-state index >= 15 is 0 Å². The molecule has 2 aromatic carbocycles. The van der Waals surface area contributed by atoms with Gasteiger partial charge in [-0.25, -0.2) is 9.71 Å². The number of nitrogens with zero attached hydrogens (tertiary/aromatic N) is 2. The van der Waals surface area contributed by atoms with Crippen molar-refractivity contribution in [1.82, 2.24) is 14.3 Å². The van der Waals surface area contributed by atoms with E-state index in [-0.39, 0.29) is 16.5 Å². The molecular weight excluding hydrogens is 436 g/mol. The van der Waals surface area contributed by atoms with Gasteiger partial charge in [-0.15, -0.1) is 0 Å². The standard InChI is InChI=1S/C25H26N4O3S/c1-15-8-9-21-19(12-15)13-22(29(21)14-20-17(3)10-16(2)11-18(20)4)25(30)28-33(31,32)24-7-5-6-23(26)27-24/h5-13H,14H2,1-4H3,(H2,26,27)(H,28,30). The van der Waals surface area contributed by atoms with Crippen LogP contribution in [-0.2, 0) is 16.6 Å². The first-order valence-electron chi connectivity index (χ1n) is 10.5. The Labute approximate surface area is 193 Å². The number of aromatic nitrogens is 2. The van der Waals surface area contributed by atoms with Crippen molar-refractivity contribution in [3.63, 3.8) is 0 Å². The first-order valence-corrected chi connectivity index (χ1v) is 12.0. The molecule has 33 heavy (non-hydrogen) atoms. The van der Waals surface area contributed by atoms with Gasteiger partial charge >= 0.3 is 0 Å². The van der Waals surface area contributed by atoms with Crippen LogP contribution < -0.4 is 10.5 Å². The van der Waals surface area contributed by atoms with Crippen LogP contribution in [0.1, 0.15) is 38.3 Å². The number of nitrogens with two attached hydrogens (primary N) is 1. The van der Waals surface area contributed by atoms with Gasteiger partial charge < -0.3 is 10.3 Å². The second-order valence-corrected chi connectivity index (χ2v) is 10.0. The SMILES string of the molecule is Cc1cc(C)c(Cn2c(C(=O)NS(=O)(=O)c3cccc(N)n3)cc3cc(C)ccc32)c(C)c1. The van der Waals surface area contributed by atoms with Crippen molar-refractivity contribution in [3.8, 4) is 0 Å². The maximum Gasteiger partial charge on any atom is 0.281 e. The van der Waals surface area contributed by atoms with E-state index in [1.165, 1.54) is 23.8 Å². The zero-order valence-corrected chi connectivity index (χ0v) is 19.8. The summed E-state index contributed by atoms with van der Waals surface area (Å²) in [5.74, 6) is -0.671. The minimum atomic E-state index is -4.19. The number of aryl methyl sites for hydroxylation is 4. The summed E-state index contributed by atoms with van der Waals surface area (Å²) in [7, 11) is -4.19. The highest BCUT2D eigenvalue weighted by Gasteiger charge is 2.24. The van der Waals surface area contributed by atoms with Crippen molar-refractivity contribution in [2.75, 3.05) is 5.73 Å². The Morgan fingerprint density at radius 2 is 1.67 bits per heavy atom. The van der Waals surface area contributed by atoms with Crippen molar-refractivity contribution in [2.45, 2.75) is 39.3 Å². The molecule has 0 spiro atoms. The van der Waals surface area contributed by atoms with Crippen molar-refractivity contribution in [2.24, 2.45) is 0 Å². The minimum Gasteiger partial charge on any atom is -0.384 e. The molecule has 0 unspecified atom stereocenters. The number of rotatable bonds is 5. The van der Waals surface area contributed by atoms with E-state index in [9.17, 15) is 13.2 Å². The third-order valence-corrected chi connectivity index (χ3v) is 6.93. The molecule has 0 aliphatic rings. The van der Waals surface area contributed by atoms with Gasteiger partial charge in [0.15, 0.2) is 5.03 Å². The maximum atomic E-state index is 13.2. The molecule has 2 aromatic heterocycles. The molecule has 0 saturated heterocycles. The molecule has 1 amide bonds. The predicted octanol–water partition coefficient (Wildman–Crippen LogP) is 4.02. The zero-order chi connectivity index (χ0) is 23.9. The number of hydrogen-bond donors (Lipinski definition) is 2. The first kappa shape index (κ1) is 22.5. The molecule has 0 atom stereocenters. The van der Waals surface area contributed by atoms with Crippen molar-refractivity contribution < 1.29 is 13.2 Å². The Balaban J connectivity index is 1.80. The third-order valence-electron chi connectivity index (χ3n) is 5.69. The molecule has 0 aliphatic carbocycles. The van der Waals surface area contributed by atoms with Gasteiger partial charge in [0.2, 0.25) is 0 Å². The number of carbonyl (C=O) groups excluding carboxylic acids is 1. The summed E-state index contributed by atoms with van der Waals surface area (Å²) in [4.78, 5) is 17.1. The Morgan fingerprint density at radius 1 is 0.970 bits per heavy atom. The summed E-state index contributed by atoms with van der Waals surface area (Å²) in [6.07, 6.45) is 0. The van der Waals surface area contributed by atoms with Crippen molar-refractivity contribution >= 4 is 32.7 Å². The lowest BCUT2D eigenvalue weighted by Gasteiger charge is -2.16. The van der Waals surface area contributed by atoms with E-state index in [0.29, 0.717) is 6.54 Å². The molecule has 8 heteroatoms. The number of anilines is 1. The van der Waals surface area contributed by atoms with Gasteiger partial charge in [-0.05, 0) is 74.7 Å². The highest BCUT2D eigenvalue weighted by Crippen LogP contribution is 2.26. The largest absolute Gasteiger partial charge is 0.384 e. The quantitative estimate of drug-likeness (QED) is 0.466. The number of nitrogen functional groups attached to an aromatic ring is 1. The van der Waals surface area contributed by atoms with Crippen LogP contribution >= 0.6 is 0 Å². The minimum absolute atomic E-state index is 0.0558. The van der Waals surface area contributed by atoms with Gasteiger partial charge in [0.1, 0.15) is 11.5 Å². The molecule has 0 fully saturated rings. The number of pyridine rings is 1. The summed E-state index contributed by atoms with van der Waals surface area (Å²) in [6.45, 7) is 8.54. The lowest BCUT2D eigenvalue weighted by molar-refractivity contribution is 0.0973. The number of carbonyl (C=O) groups is 1. The molecule has 2 heterocycles. The van der Waals surface area contributed by atoms with E-state index in [0.717, 1.165) is 33.2 Å². The van der Waals surface area contributed by atoms with Crippen LogP contribution in [0.2, 0.25) is 0 Å². The number of fused-ring (bicyclic) bond motifs is 1. The van der Waals surface area contributed by atoms with E-state index in [4.69, 9.17) is 5.73 Å². The molecule has 0 radical (unpaired) electrons. The molecule has 4 aromatic rings. The number of benzene rings is 2. The second-order valence-electron chi connectivity index (χ2n) is 8.39. The lowest BCUT2D eigenvalue weighted by atomic mass is 9.99. The Bertz CT molecular complexity index is 1480. The molecular formula is C25H26N4O3S. The van der Waals surface area contributed by atoms with Crippen molar-refractivity contribution in [3.05, 3.63) is 88.1 Å². The monoisotopic (exact) mass is 462 g/mol. The van der Waals surface area contributed by atoms with Gasteiger partial charge in [0.05, 0.1) is 0 Å². The lowest BCUT2D eigenvalue weighted by Crippen LogP contribution is -2.32. The fraction of sp³-hybridized carbons (Fsp3) is 0.200. The highest BCUT2D eigenvalue weighted by molar-refractivity contribution is 7.90. The Hall–Kier alpha value is -3.65. The van der Waals surface area contributed by atoms with Crippen LogP contribution in [0, 0.1) is 27.7 Å². The van der Waals surface area contributed by atoms with E-state index in [2.05, 4.69) is 21.8 Å². The number of hydrogen-bond acceptors (Lipinski definition) is 5. The van der Waals surface area contributed by atoms with Crippen LogP contribution in [0.3, 0.4) is 0 Å². The number of amides is 1. The Kier molecular flexibility index (Phi) is 5.71. The summed E-state index contributed by atoms with van der Waals surface area (Å²) in [5.41, 5.74) is 12.3. The predicted molar refractivity (Wildman–Crippen MR) is 130 cm³/mol. The molecule has 0 bridgehead atoms. The smallest absolute Gasteiger partial charge is 0.281 e. The fourth-order valence-electron chi connectivity index (χ4n) is 4.17. The van der Waals surface area contributed by atoms with Gasteiger partial charge in [0.25, 0.3) is 15.9 Å². The summed E-state index contributed by atoms with van der Waals surface area (Å²) < 4.78 is 29.6. The van der Waals surface area contributed by atoms with Crippen LogP contribution in [0.4, 0.5) is 5.82 Å². The number of nitrogens with one attached hydrogen (secondary N) is 1. The first-order chi connectivity index (χ1) is 15.5. The molecule has 7 nitrogen and oxygen atoms in total. The normalized spacial score (nSPS) is 11.6. The van der Waals surface area contributed by atoms with E-state index < -0.39 is 15.9 Å². The van der Waals surface area contributed by atoms with Crippen LogP contribution in [0.5, 0.6) is 0 Å². The van der Waals surface area contributed by atoms with Crippen LogP contribution in [0.25, 0.3) is 10.9 Å². The summed E-state index contributed by atoms with van der Waals surface area (Å²) >= 11 is 0.